The number of aryl methyl sites for hydroxylation is 1. The molecule has 3 aromatic rings. The predicted octanol–water partition coefficient (Wildman–Crippen LogP) is 1.98. The second-order valence-electron chi connectivity index (χ2n) is 5.46. The summed E-state index contributed by atoms with van der Waals surface area (Å²) >= 11 is -1.33. The van der Waals surface area contributed by atoms with Crippen LogP contribution in [0.5, 0.6) is 11.5 Å². The van der Waals surface area contributed by atoms with Crippen LogP contribution in [0.4, 0.5) is 0 Å². The number of methoxy groups -OCH3 is 2. The summed E-state index contributed by atoms with van der Waals surface area (Å²) in [7, 11) is 3.23. The Morgan fingerprint density at radius 2 is 1.96 bits per heavy atom. The Hall–Kier alpha value is -0.769. The van der Waals surface area contributed by atoms with Crippen LogP contribution in [0.2, 0.25) is 0 Å². The number of ether oxygens (including phenoxy) is 2. The summed E-state index contributed by atoms with van der Waals surface area (Å²) in [4.78, 5) is 11.9. The Morgan fingerprint density at radius 1 is 1.20 bits per heavy atom. The van der Waals surface area contributed by atoms with Crippen LogP contribution in [0.1, 0.15) is 16.8 Å². The van der Waals surface area contributed by atoms with Crippen molar-refractivity contribution in [3.8, 4) is 11.5 Å². The van der Waals surface area contributed by atoms with E-state index in [1.54, 1.807) is 20.4 Å². The van der Waals surface area contributed by atoms with Gasteiger partial charge in [-0.3, -0.25) is 9.97 Å². The summed E-state index contributed by atoms with van der Waals surface area (Å²) in [5, 5.41) is 0.430. The number of aromatic amines is 1. The monoisotopic (exact) mass is 435 g/mol. The van der Waals surface area contributed by atoms with Gasteiger partial charge in [-0.1, -0.05) is 0 Å². The molecule has 6 nitrogen and oxygen atoms in total. The molecule has 3 rings (SSSR count). The molecule has 0 amide bonds. The van der Waals surface area contributed by atoms with Crippen LogP contribution < -0.4 is 9.47 Å². The van der Waals surface area contributed by atoms with Gasteiger partial charge in [-0.05, 0) is 26.0 Å². The fraction of sp³-hybridized carbons (Fsp3) is 0.294. The molecular weight excluding hydrogens is 414 g/mol. The van der Waals surface area contributed by atoms with E-state index in [-0.39, 0.29) is 51.2 Å². The molecule has 0 aliphatic carbocycles. The average molecular weight is 435 g/mol. The first-order chi connectivity index (χ1) is 11.5. The van der Waals surface area contributed by atoms with E-state index >= 15 is 0 Å². The molecule has 1 aromatic carbocycles. The van der Waals surface area contributed by atoms with Crippen molar-refractivity contribution in [3.63, 3.8) is 0 Å². The number of pyridine rings is 1. The number of fused-ring (bicyclic) bond motifs is 1. The third-order valence-corrected chi connectivity index (χ3v) is 5.06. The number of imidazole rings is 1. The first-order valence-corrected chi connectivity index (χ1v) is 8.76. The number of hydrogen-bond donors (Lipinski definition) is 1. The van der Waals surface area contributed by atoms with E-state index in [9.17, 15) is 4.55 Å². The minimum absolute atomic E-state index is 0. The molecule has 0 radical (unpaired) electrons. The first-order valence-electron chi connectivity index (χ1n) is 7.44. The number of H-pyrrole nitrogens is 1. The standard InChI is InChI=1S/C17H19N3O3S.Sr.2H/c1-10-8-18-15(11(2)16(10)23-4)9-24(21)17-19-13-6-5-12(22-3)7-14(13)20-17;;;/h5-8H,9H2,1-4H3,(H,19,20);;;/t24-;;;/m1.../s1. The number of benzene rings is 1. The van der Waals surface area contributed by atoms with Crippen molar-refractivity contribution in [1.82, 2.24) is 15.0 Å². The summed E-state index contributed by atoms with van der Waals surface area (Å²) in [5.41, 5.74) is 4.16. The van der Waals surface area contributed by atoms with Crippen LogP contribution in [0.15, 0.2) is 29.6 Å². The number of hydrogen-bond acceptors (Lipinski definition) is 5. The topological polar surface area (TPSA) is 83.1 Å². The molecular formula is C17H21N3O3SSr. The summed E-state index contributed by atoms with van der Waals surface area (Å²) in [6.45, 7) is 3.86. The normalized spacial score (nSPS) is 11.9. The molecule has 0 unspecified atom stereocenters. The van der Waals surface area contributed by atoms with Gasteiger partial charge in [-0.15, -0.1) is 0 Å². The van der Waals surface area contributed by atoms with Gasteiger partial charge in [0.2, 0.25) is 0 Å². The molecule has 1 N–H and O–H groups in total. The Balaban J connectivity index is 0.00000225. The van der Waals surface area contributed by atoms with E-state index in [0.29, 0.717) is 5.16 Å². The maximum absolute atomic E-state index is 12.7. The Kier molecular flexibility index (Phi) is 7.19. The quantitative estimate of drug-likeness (QED) is 0.490. The SMILES string of the molecule is COc1ccc2nc([S@+]([O-])Cc3ncc(C)c(OC)c3C)[nH]c2c1.[SrH2]. The first kappa shape index (κ1) is 20.5. The molecule has 0 bridgehead atoms. The van der Waals surface area contributed by atoms with Crippen molar-refractivity contribution < 1.29 is 14.0 Å². The van der Waals surface area contributed by atoms with Crippen molar-refractivity contribution in [2.24, 2.45) is 0 Å². The molecule has 0 aliphatic rings. The number of nitrogens with zero attached hydrogens (tertiary/aromatic N) is 2. The zero-order valence-corrected chi connectivity index (χ0v) is 14.9. The van der Waals surface area contributed by atoms with Gasteiger partial charge in [-0.25, -0.2) is 0 Å². The van der Waals surface area contributed by atoms with Gasteiger partial charge < -0.3 is 14.0 Å². The molecule has 2 heterocycles. The van der Waals surface area contributed by atoms with Crippen LogP contribution in [0.25, 0.3) is 11.0 Å². The van der Waals surface area contributed by atoms with Gasteiger partial charge in [0.25, 0.3) is 0 Å². The molecule has 1 atom stereocenters. The van der Waals surface area contributed by atoms with Gasteiger partial charge in [0.1, 0.15) is 11.5 Å². The van der Waals surface area contributed by atoms with Crippen LogP contribution >= 0.6 is 0 Å². The van der Waals surface area contributed by atoms with Crippen LogP contribution in [0, 0.1) is 13.8 Å². The van der Waals surface area contributed by atoms with Gasteiger partial charge in [0.15, 0.2) is 5.75 Å². The molecule has 25 heavy (non-hydrogen) atoms. The van der Waals surface area contributed by atoms with E-state index in [1.807, 2.05) is 32.0 Å². The van der Waals surface area contributed by atoms with Gasteiger partial charge in [-0.2, -0.15) is 4.98 Å². The predicted molar refractivity (Wildman–Crippen MR) is 102 cm³/mol. The number of aromatic nitrogens is 3. The molecule has 0 aliphatic heterocycles. The summed E-state index contributed by atoms with van der Waals surface area (Å²) < 4.78 is 23.3. The van der Waals surface area contributed by atoms with Gasteiger partial charge in [0.05, 0.1) is 30.9 Å². The molecule has 130 valence electrons. The van der Waals surface area contributed by atoms with E-state index in [0.717, 1.165) is 39.4 Å². The van der Waals surface area contributed by atoms with E-state index in [2.05, 4.69) is 15.0 Å². The van der Waals surface area contributed by atoms with E-state index < -0.39 is 11.2 Å². The number of rotatable bonds is 5. The van der Waals surface area contributed by atoms with E-state index in [4.69, 9.17) is 9.47 Å². The summed E-state index contributed by atoms with van der Waals surface area (Å²) in [5.74, 6) is 1.79. The fourth-order valence-electron chi connectivity index (χ4n) is 2.61. The molecule has 2 aromatic heterocycles. The van der Waals surface area contributed by atoms with Crippen LogP contribution in [-0.2, 0) is 16.9 Å². The Labute approximate surface area is 186 Å². The molecule has 0 saturated heterocycles. The zero-order valence-electron chi connectivity index (χ0n) is 14.0. The zero-order chi connectivity index (χ0) is 17.3. The fourth-order valence-corrected chi connectivity index (χ4v) is 3.71. The van der Waals surface area contributed by atoms with Crippen molar-refractivity contribution in [2.75, 3.05) is 14.2 Å². The Morgan fingerprint density at radius 3 is 2.64 bits per heavy atom. The Bertz CT molecular complexity index is 885. The van der Waals surface area contributed by atoms with Crippen molar-refractivity contribution in [2.45, 2.75) is 24.8 Å². The molecule has 0 fully saturated rings. The van der Waals surface area contributed by atoms with Crippen molar-refractivity contribution in [3.05, 3.63) is 41.2 Å². The van der Waals surface area contributed by atoms with Crippen LogP contribution in [0.3, 0.4) is 0 Å². The summed E-state index contributed by atoms with van der Waals surface area (Å²) in [6, 6.07) is 5.50. The maximum atomic E-state index is 12.7. The summed E-state index contributed by atoms with van der Waals surface area (Å²) in [6.07, 6.45) is 1.74. The van der Waals surface area contributed by atoms with Crippen LogP contribution in [-0.4, -0.2) is 79.2 Å². The third-order valence-electron chi connectivity index (χ3n) is 3.90. The molecule has 8 heteroatoms. The average Bonchev–Trinajstić information content (AvgIpc) is 3.01. The van der Waals surface area contributed by atoms with Gasteiger partial charge >= 0.3 is 50.6 Å². The second kappa shape index (κ2) is 8.75. The van der Waals surface area contributed by atoms with Crippen molar-refractivity contribution in [1.29, 1.82) is 0 Å². The minimum atomic E-state index is -1.33. The number of nitrogens with one attached hydrogen (secondary N) is 1. The van der Waals surface area contributed by atoms with E-state index in [1.165, 1.54) is 0 Å². The molecule has 0 spiro atoms. The van der Waals surface area contributed by atoms with Gasteiger partial charge in [0, 0.05) is 34.6 Å². The second-order valence-corrected chi connectivity index (χ2v) is 6.83. The molecule has 0 saturated carbocycles. The third kappa shape index (κ3) is 4.32. The van der Waals surface area contributed by atoms with Crippen molar-refractivity contribution >= 4 is 67.7 Å².